The lowest BCUT2D eigenvalue weighted by Gasteiger charge is -2.00. The first-order chi connectivity index (χ1) is 11.3. The van der Waals surface area contributed by atoms with Crippen LogP contribution in [0.15, 0.2) is 60.0 Å². The molecule has 1 heterocycles. The Kier molecular flexibility index (Phi) is 4.51. The summed E-state index contributed by atoms with van der Waals surface area (Å²) < 4.78 is 5.21. The SMILES string of the molecule is COc1cccc(/C=C(/C#N)c2nc(-c3ccccc3)cs2)c1. The van der Waals surface area contributed by atoms with Crippen LogP contribution in [0.2, 0.25) is 0 Å². The molecule has 23 heavy (non-hydrogen) atoms. The Balaban J connectivity index is 1.94. The number of nitrogens with zero attached hydrogens (tertiary/aromatic N) is 2. The second kappa shape index (κ2) is 6.91. The maximum atomic E-state index is 9.46. The lowest BCUT2D eigenvalue weighted by molar-refractivity contribution is 0.414. The molecule has 112 valence electrons. The lowest BCUT2D eigenvalue weighted by Crippen LogP contribution is -1.85. The van der Waals surface area contributed by atoms with E-state index in [4.69, 9.17) is 4.74 Å². The quantitative estimate of drug-likeness (QED) is 0.644. The fourth-order valence-electron chi connectivity index (χ4n) is 2.18. The van der Waals surface area contributed by atoms with Crippen LogP contribution < -0.4 is 4.74 Å². The third kappa shape index (κ3) is 3.47. The summed E-state index contributed by atoms with van der Waals surface area (Å²) in [6.45, 7) is 0. The van der Waals surface area contributed by atoms with Crippen molar-refractivity contribution in [2.45, 2.75) is 0 Å². The third-order valence-electron chi connectivity index (χ3n) is 3.33. The van der Waals surface area contributed by atoms with Gasteiger partial charge in [0.2, 0.25) is 0 Å². The molecule has 0 aliphatic heterocycles. The molecule has 0 radical (unpaired) electrons. The van der Waals surface area contributed by atoms with E-state index in [0.29, 0.717) is 10.6 Å². The van der Waals surface area contributed by atoms with Crippen LogP contribution in [-0.4, -0.2) is 12.1 Å². The molecule has 1 aromatic heterocycles. The van der Waals surface area contributed by atoms with E-state index >= 15 is 0 Å². The number of aromatic nitrogens is 1. The summed E-state index contributed by atoms with van der Waals surface area (Å²) in [5.74, 6) is 0.764. The van der Waals surface area contributed by atoms with E-state index in [1.54, 1.807) is 7.11 Å². The molecule has 0 saturated heterocycles. The van der Waals surface area contributed by atoms with Crippen molar-refractivity contribution in [2.24, 2.45) is 0 Å². The second-order valence-corrected chi connectivity index (χ2v) is 5.71. The fraction of sp³-hybridized carbons (Fsp3) is 0.0526. The Hall–Kier alpha value is -2.90. The largest absolute Gasteiger partial charge is 0.497 e. The van der Waals surface area contributed by atoms with Gasteiger partial charge in [-0.15, -0.1) is 11.3 Å². The van der Waals surface area contributed by atoms with Crippen molar-refractivity contribution in [1.29, 1.82) is 5.26 Å². The van der Waals surface area contributed by atoms with Crippen LogP contribution in [0.3, 0.4) is 0 Å². The van der Waals surface area contributed by atoms with Gasteiger partial charge in [-0.25, -0.2) is 4.98 Å². The van der Waals surface area contributed by atoms with Crippen molar-refractivity contribution >= 4 is 23.0 Å². The van der Waals surface area contributed by atoms with E-state index in [-0.39, 0.29) is 0 Å². The molecule has 2 aromatic carbocycles. The van der Waals surface area contributed by atoms with Gasteiger partial charge in [-0.2, -0.15) is 5.26 Å². The topological polar surface area (TPSA) is 45.9 Å². The molecule has 3 aromatic rings. The first-order valence-electron chi connectivity index (χ1n) is 7.07. The van der Waals surface area contributed by atoms with Crippen LogP contribution in [0.1, 0.15) is 10.6 Å². The molecule has 0 aliphatic carbocycles. The van der Waals surface area contributed by atoms with Crippen molar-refractivity contribution < 1.29 is 4.74 Å². The Morgan fingerprint density at radius 1 is 1.17 bits per heavy atom. The number of nitriles is 1. The fourth-order valence-corrected chi connectivity index (χ4v) is 2.97. The first-order valence-corrected chi connectivity index (χ1v) is 7.95. The van der Waals surface area contributed by atoms with Gasteiger partial charge in [-0.05, 0) is 23.8 Å². The van der Waals surface area contributed by atoms with Gasteiger partial charge in [0.25, 0.3) is 0 Å². The van der Waals surface area contributed by atoms with E-state index in [1.807, 2.05) is 66.1 Å². The number of hydrogen-bond donors (Lipinski definition) is 0. The molecule has 3 nitrogen and oxygen atoms in total. The Bertz CT molecular complexity index is 876. The predicted octanol–water partition coefficient (Wildman–Crippen LogP) is 4.88. The Morgan fingerprint density at radius 2 is 2.00 bits per heavy atom. The first kappa shape index (κ1) is 15.0. The molecule has 4 heteroatoms. The highest BCUT2D eigenvalue weighted by Crippen LogP contribution is 2.27. The number of ether oxygens (including phenoxy) is 1. The summed E-state index contributed by atoms with van der Waals surface area (Å²) in [5, 5.41) is 12.2. The zero-order chi connectivity index (χ0) is 16.1. The van der Waals surface area contributed by atoms with Crippen molar-refractivity contribution in [3.63, 3.8) is 0 Å². The van der Waals surface area contributed by atoms with Gasteiger partial charge in [0.1, 0.15) is 16.8 Å². The van der Waals surface area contributed by atoms with Crippen molar-refractivity contribution in [1.82, 2.24) is 4.98 Å². The smallest absolute Gasteiger partial charge is 0.134 e. The van der Waals surface area contributed by atoms with Crippen LogP contribution in [0.5, 0.6) is 5.75 Å². The van der Waals surface area contributed by atoms with Crippen LogP contribution in [0.4, 0.5) is 0 Å². The van der Waals surface area contributed by atoms with Gasteiger partial charge < -0.3 is 4.74 Å². The summed E-state index contributed by atoms with van der Waals surface area (Å²) in [7, 11) is 1.63. The molecule has 0 aliphatic rings. The van der Waals surface area contributed by atoms with Crippen molar-refractivity contribution in [3.05, 3.63) is 70.5 Å². The minimum atomic E-state index is 0.547. The molecule has 0 spiro atoms. The van der Waals surface area contributed by atoms with E-state index in [9.17, 15) is 5.26 Å². The number of thiazole rings is 1. The van der Waals surface area contributed by atoms with Gasteiger partial charge in [0.05, 0.1) is 18.4 Å². The number of allylic oxidation sites excluding steroid dienone is 1. The van der Waals surface area contributed by atoms with Gasteiger partial charge in [0.15, 0.2) is 0 Å². The highest BCUT2D eigenvalue weighted by Gasteiger charge is 2.09. The molecule has 0 fully saturated rings. The Morgan fingerprint density at radius 3 is 2.74 bits per heavy atom. The van der Waals surface area contributed by atoms with Gasteiger partial charge in [-0.1, -0.05) is 42.5 Å². The molecule has 0 amide bonds. The predicted molar refractivity (Wildman–Crippen MR) is 94.0 cm³/mol. The molecule has 0 saturated carbocycles. The minimum absolute atomic E-state index is 0.547. The molecule has 3 rings (SSSR count). The maximum absolute atomic E-state index is 9.46. The standard InChI is InChI=1S/C19H14N2OS/c1-22-17-9-5-6-14(11-17)10-16(12-20)19-21-18(13-23-19)15-7-3-2-4-8-15/h2-11,13H,1H3/b16-10-. The number of benzene rings is 2. The summed E-state index contributed by atoms with van der Waals surface area (Å²) >= 11 is 1.47. The van der Waals surface area contributed by atoms with E-state index in [2.05, 4.69) is 11.1 Å². The normalized spacial score (nSPS) is 11.0. The van der Waals surface area contributed by atoms with Crippen LogP contribution in [0, 0.1) is 11.3 Å². The van der Waals surface area contributed by atoms with Crippen LogP contribution >= 0.6 is 11.3 Å². The van der Waals surface area contributed by atoms with Crippen LogP contribution in [-0.2, 0) is 0 Å². The third-order valence-corrected chi connectivity index (χ3v) is 4.20. The number of hydrogen-bond acceptors (Lipinski definition) is 4. The summed E-state index contributed by atoms with van der Waals surface area (Å²) in [6, 6.07) is 19.8. The molecule has 0 atom stereocenters. The highest BCUT2D eigenvalue weighted by molar-refractivity contribution is 7.11. The number of rotatable bonds is 4. The average Bonchev–Trinajstić information content (AvgIpc) is 3.10. The highest BCUT2D eigenvalue weighted by atomic mass is 32.1. The molecule has 0 bridgehead atoms. The monoisotopic (exact) mass is 318 g/mol. The number of methoxy groups -OCH3 is 1. The van der Waals surface area contributed by atoms with Gasteiger partial charge >= 0.3 is 0 Å². The minimum Gasteiger partial charge on any atom is -0.497 e. The average molecular weight is 318 g/mol. The van der Waals surface area contributed by atoms with E-state index < -0.39 is 0 Å². The van der Waals surface area contributed by atoms with E-state index in [1.165, 1.54) is 11.3 Å². The molecule has 0 N–H and O–H groups in total. The molecular weight excluding hydrogens is 304 g/mol. The zero-order valence-electron chi connectivity index (χ0n) is 12.6. The summed E-state index contributed by atoms with van der Waals surface area (Å²) in [6.07, 6.45) is 1.83. The van der Waals surface area contributed by atoms with Crippen LogP contribution in [0.25, 0.3) is 22.9 Å². The molecular formula is C19H14N2OS. The van der Waals surface area contributed by atoms with Crippen molar-refractivity contribution in [3.8, 4) is 23.1 Å². The Labute approximate surface area is 139 Å². The zero-order valence-corrected chi connectivity index (χ0v) is 13.4. The lowest BCUT2D eigenvalue weighted by atomic mass is 10.1. The van der Waals surface area contributed by atoms with E-state index in [0.717, 1.165) is 22.6 Å². The summed E-state index contributed by atoms with van der Waals surface area (Å²) in [5.41, 5.74) is 3.40. The van der Waals surface area contributed by atoms with Gasteiger partial charge in [0, 0.05) is 10.9 Å². The van der Waals surface area contributed by atoms with Crippen molar-refractivity contribution in [2.75, 3.05) is 7.11 Å². The van der Waals surface area contributed by atoms with Gasteiger partial charge in [-0.3, -0.25) is 0 Å². The second-order valence-electron chi connectivity index (χ2n) is 4.85. The molecule has 0 unspecified atom stereocenters. The maximum Gasteiger partial charge on any atom is 0.134 e. The summed E-state index contributed by atoms with van der Waals surface area (Å²) in [4.78, 5) is 4.59.